The minimum Gasteiger partial charge on any atom is -0.325 e. The van der Waals surface area contributed by atoms with E-state index in [4.69, 9.17) is 5.73 Å². The Morgan fingerprint density at radius 1 is 1.40 bits per heavy atom. The van der Waals surface area contributed by atoms with E-state index < -0.39 is 5.41 Å². The zero-order chi connectivity index (χ0) is 11.2. The van der Waals surface area contributed by atoms with E-state index in [0.29, 0.717) is 0 Å². The highest BCUT2D eigenvalue weighted by Crippen LogP contribution is 2.38. The lowest BCUT2D eigenvalue weighted by molar-refractivity contribution is -0.119. The summed E-state index contributed by atoms with van der Waals surface area (Å²) in [6, 6.07) is 5.92. The molecule has 1 aromatic rings. The number of fused-ring (bicyclic) bond motifs is 1. The molecule has 1 aliphatic heterocycles. The molecule has 0 bridgehead atoms. The van der Waals surface area contributed by atoms with Crippen molar-refractivity contribution >= 4 is 11.6 Å². The molecule has 3 heteroatoms. The molecule has 1 unspecified atom stereocenters. The number of hydrogen-bond acceptors (Lipinski definition) is 2. The lowest BCUT2D eigenvalue weighted by atomic mass is 9.85. The number of carbonyl (C=O) groups is 1. The SMILES string of the molecule is CC(N)c1ccc2c(c1)C(C)(C)C(=O)N2. The zero-order valence-electron chi connectivity index (χ0n) is 9.29. The Kier molecular flexibility index (Phi) is 2.08. The summed E-state index contributed by atoms with van der Waals surface area (Å²) in [5.74, 6) is 0.0549. The average molecular weight is 204 g/mol. The first-order valence-corrected chi connectivity index (χ1v) is 5.14. The van der Waals surface area contributed by atoms with Crippen LogP contribution in [0.15, 0.2) is 18.2 Å². The molecule has 0 aliphatic carbocycles. The molecule has 0 aromatic heterocycles. The van der Waals surface area contributed by atoms with Crippen molar-refractivity contribution in [2.24, 2.45) is 5.73 Å². The fraction of sp³-hybridized carbons (Fsp3) is 0.417. The molecule has 0 spiro atoms. The summed E-state index contributed by atoms with van der Waals surface area (Å²) in [7, 11) is 0. The Hall–Kier alpha value is -1.35. The number of benzene rings is 1. The molecular formula is C12H16N2O. The predicted molar refractivity (Wildman–Crippen MR) is 60.7 cm³/mol. The maximum atomic E-state index is 11.7. The van der Waals surface area contributed by atoms with E-state index in [9.17, 15) is 4.79 Å². The summed E-state index contributed by atoms with van der Waals surface area (Å²) in [5, 5.41) is 2.87. The number of nitrogens with two attached hydrogens (primary N) is 1. The van der Waals surface area contributed by atoms with Crippen molar-refractivity contribution in [3.8, 4) is 0 Å². The van der Waals surface area contributed by atoms with Crippen LogP contribution < -0.4 is 11.1 Å². The summed E-state index contributed by atoms with van der Waals surface area (Å²) in [4.78, 5) is 11.7. The van der Waals surface area contributed by atoms with Gasteiger partial charge in [0.1, 0.15) is 0 Å². The summed E-state index contributed by atoms with van der Waals surface area (Å²) in [5.41, 5.74) is 8.40. The van der Waals surface area contributed by atoms with E-state index in [-0.39, 0.29) is 11.9 Å². The van der Waals surface area contributed by atoms with Gasteiger partial charge >= 0.3 is 0 Å². The van der Waals surface area contributed by atoms with Gasteiger partial charge in [-0.3, -0.25) is 4.79 Å². The van der Waals surface area contributed by atoms with Crippen LogP contribution in [0.25, 0.3) is 0 Å². The first kappa shape index (κ1) is 10.2. The van der Waals surface area contributed by atoms with Crippen molar-refractivity contribution in [1.82, 2.24) is 0 Å². The standard InChI is InChI=1S/C12H16N2O/c1-7(13)8-4-5-10-9(6-8)12(2,3)11(15)14-10/h4-7H,13H2,1-3H3,(H,14,15). The highest BCUT2D eigenvalue weighted by atomic mass is 16.2. The lowest BCUT2D eigenvalue weighted by Gasteiger charge is -2.16. The van der Waals surface area contributed by atoms with Gasteiger partial charge in [0.05, 0.1) is 5.41 Å². The van der Waals surface area contributed by atoms with Gasteiger partial charge in [-0.2, -0.15) is 0 Å². The Morgan fingerprint density at radius 2 is 2.07 bits per heavy atom. The molecule has 80 valence electrons. The van der Waals surface area contributed by atoms with Crippen LogP contribution in [0.2, 0.25) is 0 Å². The van der Waals surface area contributed by atoms with Gasteiger partial charge in [0.2, 0.25) is 5.91 Å². The quantitative estimate of drug-likeness (QED) is 0.734. The lowest BCUT2D eigenvalue weighted by Crippen LogP contribution is -2.27. The molecule has 1 atom stereocenters. The van der Waals surface area contributed by atoms with Crippen molar-refractivity contribution in [2.45, 2.75) is 32.2 Å². The molecule has 1 amide bonds. The fourth-order valence-electron chi connectivity index (χ4n) is 1.87. The molecule has 3 nitrogen and oxygen atoms in total. The van der Waals surface area contributed by atoms with Crippen LogP contribution >= 0.6 is 0 Å². The van der Waals surface area contributed by atoms with Crippen LogP contribution in [0.4, 0.5) is 5.69 Å². The Bertz CT molecular complexity index is 422. The maximum absolute atomic E-state index is 11.7. The van der Waals surface area contributed by atoms with E-state index in [2.05, 4.69) is 5.32 Å². The Labute approximate surface area is 89.7 Å². The van der Waals surface area contributed by atoms with Crippen LogP contribution in [0.3, 0.4) is 0 Å². The van der Waals surface area contributed by atoms with Crippen molar-refractivity contribution in [3.63, 3.8) is 0 Å². The van der Waals surface area contributed by atoms with E-state index in [1.165, 1.54) is 0 Å². The van der Waals surface area contributed by atoms with Crippen molar-refractivity contribution in [1.29, 1.82) is 0 Å². The molecule has 0 saturated heterocycles. The molecule has 0 saturated carbocycles. The molecular weight excluding hydrogens is 188 g/mol. The van der Waals surface area contributed by atoms with Crippen LogP contribution in [0.1, 0.15) is 37.9 Å². The topological polar surface area (TPSA) is 55.1 Å². The van der Waals surface area contributed by atoms with Crippen LogP contribution in [-0.2, 0) is 10.2 Å². The fourth-order valence-corrected chi connectivity index (χ4v) is 1.87. The summed E-state index contributed by atoms with van der Waals surface area (Å²) >= 11 is 0. The average Bonchev–Trinajstić information content (AvgIpc) is 2.38. The minimum absolute atomic E-state index is 0.00167. The molecule has 1 aromatic carbocycles. The second kappa shape index (κ2) is 3.07. The summed E-state index contributed by atoms with van der Waals surface area (Å²) in [6.07, 6.45) is 0. The van der Waals surface area contributed by atoms with Crippen LogP contribution in [0, 0.1) is 0 Å². The molecule has 3 N–H and O–H groups in total. The first-order chi connectivity index (χ1) is 6.93. The summed E-state index contributed by atoms with van der Waals surface area (Å²) in [6.45, 7) is 5.80. The Morgan fingerprint density at radius 3 is 2.67 bits per heavy atom. The number of rotatable bonds is 1. The highest BCUT2D eigenvalue weighted by molar-refractivity contribution is 6.05. The molecule has 0 fully saturated rings. The van der Waals surface area contributed by atoms with Crippen LogP contribution in [0.5, 0.6) is 0 Å². The van der Waals surface area contributed by atoms with Crippen molar-refractivity contribution in [2.75, 3.05) is 5.32 Å². The molecule has 15 heavy (non-hydrogen) atoms. The zero-order valence-corrected chi connectivity index (χ0v) is 9.29. The van der Waals surface area contributed by atoms with Gasteiger partial charge in [-0.1, -0.05) is 12.1 Å². The number of nitrogens with one attached hydrogen (secondary N) is 1. The predicted octanol–water partition coefficient (Wildman–Crippen LogP) is 1.94. The van der Waals surface area contributed by atoms with Crippen molar-refractivity contribution < 1.29 is 4.79 Å². The number of anilines is 1. The van der Waals surface area contributed by atoms with Gasteiger partial charge in [-0.05, 0) is 38.0 Å². The number of amides is 1. The number of carbonyl (C=O) groups excluding carboxylic acids is 1. The third-order valence-corrected chi connectivity index (χ3v) is 3.06. The van der Waals surface area contributed by atoms with E-state index >= 15 is 0 Å². The second-order valence-electron chi connectivity index (χ2n) is 4.67. The van der Waals surface area contributed by atoms with E-state index in [1.54, 1.807) is 0 Å². The number of hydrogen-bond donors (Lipinski definition) is 2. The molecule has 1 heterocycles. The van der Waals surface area contributed by atoms with Gasteiger partial charge in [0, 0.05) is 11.7 Å². The smallest absolute Gasteiger partial charge is 0.234 e. The monoisotopic (exact) mass is 204 g/mol. The first-order valence-electron chi connectivity index (χ1n) is 5.14. The van der Waals surface area contributed by atoms with Crippen molar-refractivity contribution in [3.05, 3.63) is 29.3 Å². The van der Waals surface area contributed by atoms with Gasteiger partial charge in [-0.15, -0.1) is 0 Å². The van der Waals surface area contributed by atoms with Gasteiger partial charge in [0.15, 0.2) is 0 Å². The van der Waals surface area contributed by atoms with E-state index in [1.807, 2.05) is 39.0 Å². The van der Waals surface area contributed by atoms with Gasteiger partial charge in [0.25, 0.3) is 0 Å². The second-order valence-corrected chi connectivity index (χ2v) is 4.67. The largest absolute Gasteiger partial charge is 0.325 e. The summed E-state index contributed by atoms with van der Waals surface area (Å²) < 4.78 is 0. The van der Waals surface area contributed by atoms with Gasteiger partial charge < -0.3 is 11.1 Å². The normalized spacial score (nSPS) is 19.6. The highest BCUT2D eigenvalue weighted by Gasteiger charge is 2.38. The van der Waals surface area contributed by atoms with Crippen LogP contribution in [-0.4, -0.2) is 5.91 Å². The van der Waals surface area contributed by atoms with Gasteiger partial charge in [-0.25, -0.2) is 0 Å². The third kappa shape index (κ3) is 1.43. The third-order valence-electron chi connectivity index (χ3n) is 3.06. The molecule has 2 rings (SSSR count). The maximum Gasteiger partial charge on any atom is 0.234 e. The minimum atomic E-state index is -0.444. The van der Waals surface area contributed by atoms with E-state index in [0.717, 1.165) is 16.8 Å². The Balaban J connectivity index is 2.55. The molecule has 1 aliphatic rings. The molecule has 0 radical (unpaired) electrons.